The molecule has 0 N–H and O–H groups in total. The molecule has 0 saturated heterocycles. The van der Waals surface area contributed by atoms with E-state index in [4.69, 9.17) is 0 Å². The Bertz CT molecular complexity index is 687. The maximum Gasteiger partial charge on any atom is 1.00 e. The Kier molecular flexibility index (Phi) is 4.94. The van der Waals surface area contributed by atoms with E-state index in [9.17, 15) is 9.90 Å². The van der Waals surface area contributed by atoms with Crippen molar-refractivity contribution in [3.05, 3.63) is 40.7 Å². The van der Waals surface area contributed by atoms with Crippen molar-refractivity contribution >= 4 is 40.0 Å². The second-order valence-corrected chi connectivity index (χ2v) is 6.52. The van der Waals surface area contributed by atoms with Crippen LogP contribution in [0, 0.1) is 0 Å². The standard InChI is InChI=1S/C12H7NO2S3.Na/c14-12(15)10-6-13-11(18-10)9-4-3-8(17-9)7-2-1-5-16-7;/h1-6H,(H,14,15);/q;+1/p-1. The van der Waals surface area contributed by atoms with E-state index in [0.717, 1.165) is 21.2 Å². The van der Waals surface area contributed by atoms with E-state index >= 15 is 0 Å². The molecule has 0 spiro atoms. The van der Waals surface area contributed by atoms with Crippen LogP contribution < -0.4 is 34.7 Å². The Labute approximate surface area is 143 Å². The van der Waals surface area contributed by atoms with Gasteiger partial charge in [-0.05, 0) is 23.6 Å². The maximum atomic E-state index is 10.7. The molecule has 0 radical (unpaired) electrons. The Morgan fingerprint density at radius 2 is 1.89 bits per heavy atom. The van der Waals surface area contributed by atoms with Crippen LogP contribution in [0.1, 0.15) is 9.67 Å². The molecule has 0 aromatic carbocycles. The summed E-state index contributed by atoms with van der Waals surface area (Å²) in [5.41, 5.74) is 0. The van der Waals surface area contributed by atoms with Crippen LogP contribution in [-0.2, 0) is 0 Å². The van der Waals surface area contributed by atoms with Crippen molar-refractivity contribution in [2.75, 3.05) is 0 Å². The van der Waals surface area contributed by atoms with Crippen molar-refractivity contribution in [2.45, 2.75) is 0 Å². The Morgan fingerprint density at radius 3 is 2.53 bits per heavy atom. The van der Waals surface area contributed by atoms with Gasteiger partial charge < -0.3 is 9.90 Å². The predicted molar refractivity (Wildman–Crippen MR) is 73.1 cm³/mol. The number of thiophene rings is 2. The summed E-state index contributed by atoms with van der Waals surface area (Å²) in [7, 11) is 0. The molecule has 0 unspecified atom stereocenters. The molecule has 7 heteroatoms. The number of carboxylic acids is 1. The number of rotatable bonds is 3. The zero-order chi connectivity index (χ0) is 12.5. The fraction of sp³-hybridized carbons (Fsp3) is 0. The molecule has 3 aromatic rings. The summed E-state index contributed by atoms with van der Waals surface area (Å²) < 4.78 is 0. The molecule has 90 valence electrons. The molecule has 0 atom stereocenters. The number of thiazole rings is 1. The van der Waals surface area contributed by atoms with Crippen molar-refractivity contribution < 1.29 is 39.5 Å². The summed E-state index contributed by atoms with van der Waals surface area (Å²) in [6.07, 6.45) is 1.35. The van der Waals surface area contributed by atoms with E-state index in [0.29, 0.717) is 0 Å². The average molecular weight is 315 g/mol. The van der Waals surface area contributed by atoms with Gasteiger partial charge in [-0.1, -0.05) is 6.07 Å². The summed E-state index contributed by atoms with van der Waals surface area (Å²) in [6.45, 7) is 0. The summed E-state index contributed by atoms with van der Waals surface area (Å²) in [6, 6.07) is 8.08. The van der Waals surface area contributed by atoms with E-state index in [1.54, 1.807) is 22.7 Å². The van der Waals surface area contributed by atoms with Crippen molar-refractivity contribution in [1.29, 1.82) is 0 Å². The molecule has 0 amide bonds. The van der Waals surface area contributed by atoms with Gasteiger partial charge in [0.15, 0.2) is 0 Å². The summed E-state index contributed by atoms with van der Waals surface area (Å²) in [5.74, 6) is -1.17. The number of hydrogen-bond acceptors (Lipinski definition) is 6. The van der Waals surface area contributed by atoms with Gasteiger partial charge in [0.2, 0.25) is 0 Å². The van der Waals surface area contributed by atoms with Crippen LogP contribution in [0.5, 0.6) is 0 Å². The largest absolute Gasteiger partial charge is 1.00 e. The number of aromatic nitrogens is 1. The molecular formula is C12H6NNaO2S3. The number of hydrogen-bond donors (Lipinski definition) is 0. The van der Waals surface area contributed by atoms with E-state index in [2.05, 4.69) is 11.1 Å². The second-order valence-electron chi connectivity index (χ2n) is 3.46. The number of carboxylic acid groups (broad SMARTS) is 1. The topological polar surface area (TPSA) is 53.0 Å². The minimum absolute atomic E-state index is 0. The number of carbonyl (C=O) groups excluding carboxylic acids is 1. The van der Waals surface area contributed by atoms with Crippen LogP contribution in [0.4, 0.5) is 0 Å². The van der Waals surface area contributed by atoms with Gasteiger partial charge in [0.1, 0.15) is 5.01 Å². The SMILES string of the molecule is O=C([O-])c1cnc(-c2ccc(-c3cccs3)s2)s1.[Na+]. The molecule has 0 bridgehead atoms. The zero-order valence-corrected chi connectivity index (χ0v) is 14.4. The summed E-state index contributed by atoms with van der Waals surface area (Å²) >= 11 is 4.44. The van der Waals surface area contributed by atoms with Crippen LogP contribution in [-0.4, -0.2) is 11.0 Å². The molecule has 3 nitrogen and oxygen atoms in total. The van der Waals surface area contributed by atoms with Gasteiger partial charge in [-0.3, -0.25) is 0 Å². The second kappa shape index (κ2) is 6.30. The van der Waals surface area contributed by atoms with Crippen LogP contribution in [0.25, 0.3) is 19.6 Å². The first kappa shape index (κ1) is 14.9. The van der Waals surface area contributed by atoms with Gasteiger partial charge in [-0.15, -0.1) is 34.0 Å². The van der Waals surface area contributed by atoms with E-state index in [-0.39, 0.29) is 34.4 Å². The Morgan fingerprint density at radius 1 is 1.11 bits per heavy atom. The van der Waals surface area contributed by atoms with Crippen LogP contribution >= 0.6 is 34.0 Å². The maximum absolute atomic E-state index is 10.7. The Hall–Kier alpha value is -0.500. The molecule has 3 aromatic heterocycles. The predicted octanol–water partition coefficient (Wildman–Crippen LogP) is -0.0324. The number of carbonyl (C=O) groups is 1. The molecule has 0 aliphatic heterocycles. The van der Waals surface area contributed by atoms with Gasteiger partial charge in [-0.2, -0.15) is 0 Å². The number of nitrogens with zero attached hydrogens (tertiary/aromatic N) is 1. The quantitative estimate of drug-likeness (QED) is 0.638. The fourth-order valence-corrected chi connectivity index (χ4v) is 4.14. The number of aromatic carboxylic acids is 1. The first-order valence-corrected chi connectivity index (χ1v) is 7.56. The summed E-state index contributed by atoms with van der Waals surface area (Å²) in [5, 5.41) is 13.5. The van der Waals surface area contributed by atoms with E-state index in [1.807, 2.05) is 23.6 Å². The van der Waals surface area contributed by atoms with Crippen molar-refractivity contribution in [3.63, 3.8) is 0 Å². The molecule has 3 heterocycles. The van der Waals surface area contributed by atoms with E-state index < -0.39 is 5.97 Å². The first-order chi connectivity index (χ1) is 8.74. The van der Waals surface area contributed by atoms with Gasteiger partial charge in [-0.25, -0.2) is 4.98 Å². The summed E-state index contributed by atoms with van der Waals surface area (Å²) in [4.78, 5) is 18.3. The first-order valence-electron chi connectivity index (χ1n) is 5.05. The van der Waals surface area contributed by atoms with Gasteiger partial charge in [0.25, 0.3) is 0 Å². The van der Waals surface area contributed by atoms with Crippen molar-refractivity contribution in [3.8, 4) is 19.6 Å². The van der Waals surface area contributed by atoms with Gasteiger partial charge >= 0.3 is 29.6 Å². The molecule has 0 aliphatic carbocycles. The minimum Gasteiger partial charge on any atom is -0.544 e. The molecular weight excluding hydrogens is 309 g/mol. The molecule has 19 heavy (non-hydrogen) atoms. The normalized spacial score (nSPS) is 10.1. The van der Waals surface area contributed by atoms with Crippen molar-refractivity contribution in [1.82, 2.24) is 4.98 Å². The van der Waals surface area contributed by atoms with Crippen molar-refractivity contribution in [2.24, 2.45) is 0 Å². The monoisotopic (exact) mass is 315 g/mol. The van der Waals surface area contributed by atoms with Crippen LogP contribution in [0.3, 0.4) is 0 Å². The fourth-order valence-electron chi connectivity index (χ4n) is 1.49. The third kappa shape index (κ3) is 3.16. The van der Waals surface area contributed by atoms with E-state index in [1.165, 1.54) is 16.0 Å². The third-order valence-electron chi connectivity index (χ3n) is 2.29. The molecule has 0 saturated carbocycles. The Balaban J connectivity index is 0.00000133. The van der Waals surface area contributed by atoms with Crippen LogP contribution in [0.2, 0.25) is 0 Å². The smallest absolute Gasteiger partial charge is 0.544 e. The van der Waals surface area contributed by atoms with Gasteiger partial charge in [0.05, 0.1) is 15.7 Å². The molecule has 3 rings (SSSR count). The van der Waals surface area contributed by atoms with Crippen LogP contribution in [0.15, 0.2) is 35.8 Å². The zero-order valence-electron chi connectivity index (χ0n) is 9.95. The third-order valence-corrected chi connectivity index (χ3v) is 5.59. The molecule has 0 fully saturated rings. The average Bonchev–Trinajstić information content (AvgIpc) is 3.10. The van der Waals surface area contributed by atoms with Gasteiger partial charge in [0, 0.05) is 16.0 Å². The molecule has 0 aliphatic rings. The minimum atomic E-state index is -1.17.